The number of rotatable bonds is 2. The number of carbonyl (C=O) groups is 1. The molecular weight excluding hydrogens is 391 g/mol. The van der Waals surface area contributed by atoms with Crippen LogP contribution >= 0.6 is 36.2 Å². The van der Waals surface area contributed by atoms with Gasteiger partial charge in [0, 0.05) is 49.7 Å². The number of fused-ring (bicyclic) bond motifs is 2. The van der Waals surface area contributed by atoms with Crippen LogP contribution in [0.1, 0.15) is 38.5 Å². The van der Waals surface area contributed by atoms with Gasteiger partial charge in [0.25, 0.3) is 0 Å². The summed E-state index contributed by atoms with van der Waals surface area (Å²) in [5, 5.41) is 3.11. The molecule has 1 saturated heterocycles. The molecule has 2 N–H and O–H groups in total. The molecule has 2 heterocycles. The topological polar surface area (TPSA) is 62.5 Å². The van der Waals surface area contributed by atoms with E-state index in [4.69, 9.17) is 5.73 Å². The summed E-state index contributed by atoms with van der Waals surface area (Å²) in [6.07, 6.45) is 8.67. The molecule has 26 heavy (non-hydrogen) atoms. The summed E-state index contributed by atoms with van der Waals surface area (Å²) in [5.74, 6) is 1.75. The number of hydrogen-bond acceptors (Lipinski definition) is 5. The van der Waals surface area contributed by atoms with Crippen molar-refractivity contribution < 1.29 is 4.79 Å². The minimum atomic E-state index is 0. The standard InChI is InChI=1S/C18H28N4OS.2ClH/c19-16-13-3-1-4-14(16)12-15(11-13)17(23)21-6-2-7-22(9-8-21)18-20-5-10-24-18;;/h5,10,13-16H,1-4,6-9,11-12,19H2;2*1H. The average molecular weight is 421 g/mol. The molecule has 148 valence electrons. The number of nitrogens with two attached hydrogens (primary N) is 1. The highest BCUT2D eigenvalue weighted by atomic mass is 35.5. The highest BCUT2D eigenvalue weighted by Gasteiger charge is 2.41. The lowest BCUT2D eigenvalue weighted by Gasteiger charge is -2.44. The molecule has 1 amide bonds. The van der Waals surface area contributed by atoms with Gasteiger partial charge in [-0.1, -0.05) is 6.42 Å². The molecule has 2 saturated carbocycles. The average Bonchev–Trinajstić information content (AvgIpc) is 2.99. The van der Waals surface area contributed by atoms with Crippen LogP contribution in [0.4, 0.5) is 5.13 Å². The van der Waals surface area contributed by atoms with E-state index in [9.17, 15) is 4.79 Å². The quantitative estimate of drug-likeness (QED) is 0.797. The second-order valence-corrected chi connectivity index (χ2v) is 8.55. The van der Waals surface area contributed by atoms with Crippen molar-refractivity contribution in [1.82, 2.24) is 9.88 Å². The fourth-order valence-electron chi connectivity index (χ4n) is 4.95. The van der Waals surface area contributed by atoms with Gasteiger partial charge >= 0.3 is 0 Å². The van der Waals surface area contributed by atoms with E-state index in [2.05, 4.69) is 14.8 Å². The smallest absolute Gasteiger partial charge is 0.225 e. The first-order chi connectivity index (χ1) is 11.7. The largest absolute Gasteiger partial charge is 0.346 e. The van der Waals surface area contributed by atoms with E-state index < -0.39 is 0 Å². The van der Waals surface area contributed by atoms with Crippen LogP contribution in [0.2, 0.25) is 0 Å². The number of nitrogens with zero attached hydrogens (tertiary/aromatic N) is 3. The molecular formula is C18H30Cl2N4OS. The molecule has 3 aliphatic rings. The Morgan fingerprint density at radius 1 is 1.08 bits per heavy atom. The van der Waals surface area contributed by atoms with Gasteiger partial charge in [0.1, 0.15) is 0 Å². The number of carbonyl (C=O) groups excluding carboxylic acids is 1. The van der Waals surface area contributed by atoms with Gasteiger partial charge in [-0.2, -0.15) is 0 Å². The van der Waals surface area contributed by atoms with Crippen LogP contribution in [-0.4, -0.2) is 48.0 Å². The number of anilines is 1. The Morgan fingerprint density at radius 2 is 1.81 bits per heavy atom. The van der Waals surface area contributed by atoms with Crippen LogP contribution in [0.5, 0.6) is 0 Å². The molecule has 1 aromatic heterocycles. The lowest BCUT2D eigenvalue weighted by atomic mass is 9.65. The third kappa shape index (κ3) is 4.46. The Balaban J connectivity index is 0.00000121. The summed E-state index contributed by atoms with van der Waals surface area (Å²) < 4.78 is 0. The Kier molecular flexibility index (Phi) is 8.01. The molecule has 8 heteroatoms. The predicted molar refractivity (Wildman–Crippen MR) is 112 cm³/mol. The number of hydrogen-bond donors (Lipinski definition) is 1. The first-order valence-electron chi connectivity index (χ1n) is 9.41. The molecule has 2 atom stereocenters. The Hall–Kier alpha value is -0.560. The number of thiazole rings is 1. The third-order valence-corrected chi connectivity index (χ3v) is 7.09. The Bertz CT molecular complexity index is 560. The fraction of sp³-hybridized carbons (Fsp3) is 0.778. The monoisotopic (exact) mass is 420 g/mol. The van der Waals surface area contributed by atoms with Crippen LogP contribution < -0.4 is 10.6 Å². The van der Waals surface area contributed by atoms with E-state index in [-0.39, 0.29) is 30.7 Å². The summed E-state index contributed by atoms with van der Waals surface area (Å²) in [5.41, 5.74) is 6.39. The van der Waals surface area contributed by atoms with Gasteiger partial charge in [0.05, 0.1) is 0 Å². The van der Waals surface area contributed by atoms with E-state index in [1.54, 1.807) is 11.3 Å². The van der Waals surface area contributed by atoms with E-state index in [0.29, 0.717) is 23.8 Å². The zero-order valence-corrected chi connectivity index (χ0v) is 17.5. The van der Waals surface area contributed by atoms with Gasteiger partial charge in [-0.25, -0.2) is 4.98 Å². The van der Waals surface area contributed by atoms with Crippen LogP contribution in [0.15, 0.2) is 11.6 Å². The molecule has 1 aromatic rings. The van der Waals surface area contributed by atoms with Crippen molar-refractivity contribution in [2.24, 2.45) is 23.5 Å². The summed E-state index contributed by atoms with van der Waals surface area (Å²) in [4.78, 5) is 21.9. The zero-order chi connectivity index (χ0) is 16.5. The summed E-state index contributed by atoms with van der Waals surface area (Å²) in [7, 11) is 0. The van der Waals surface area contributed by atoms with Crippen molar-refractivity contribution in [1.29, 1.82) is 0 Å². The lowest BCUT2D eigenvalue weighted by molar-refractivity contribution is -0.138. The van der Waals surface area contributed by atoms with Crippen molar-refractivity contribution in [2.45, 2.75) is 44.6 Å². The van der Waals surface area contributed by atoms with Crippen molar-refractivity contribution in [2.75, 3.05) is 31.1 Å². The van der Waals surface area contributed by atoms with E-state index in [0.717, 1.165) is 50.6 Å². The molecule has 5 nitrogen and oxygen atoms in total. The van der Waals surface area contributed by atoms with E-state index in [1.807, 2.05) is 11.6 Å². The summed E-state index contributed by atoms with van der Waals surface area (Å²) >= 11 is 1.69. The maximum atomic E-state index is 13.1. The molecule has 0 radical (unpaired) electrons. The van der Waals surface area contributed by atoms with Crippen LogP contribution in [0, 0.1) is 17.8 Å². The van der Waals surface area contributed by atoms with Crippen molar-refractivity contribution in [3.05, 3.63) is 11.6 Å². The predicted octanol–water partition coefficient (Wildman–Crippen LogP) is 3.18. The molecule has 2 bridgehead atoms. The van der Waals surface area contributed by atoms with Gasteiger partial charge in [-0.3, -0.25) is 4.79 Å². The molecule has 3 fully saturated rings. The highest BCUT2D eigenvalue weighted by Crippen LogP contribution is 2.42. The van der Waals surface area contributed by atoms with Gasteiger partial charge in [-0.05, 0) is 43.9 Å². The second-order valence-electron chi connectivity index (χ2n) is 7.68. The normalized spacial score (nSPS) is 31.4. The van der Waals surface area contributed by atoms with Crippen molar-refractivity contribution in [3.8, 4) is 0 Å². The van der Waals surface area contributed by atoms with Gasteiger partial charge in [0.15, 0.2) is 5.13 Å². The minimum absolute atomic E-state index is 0. The third-order valence-electron chi connectivity index (χ3n) is 6.26. The molecule has 4 rings (SSSR count). The molecule has 2 aliphatic carbocycles. The first-order valence-corrected chi connectivity index (χ1v) is 10.3. The van der Waals surface area contributed by atoms with Gasteiger partial charge in [-0.15, -0.1) is 36.2 Å². The fourth-order valence-corrected chi connectivity index (χ4v) is 5.65. The molecule has 1 aliphatic heterocycles. The molecule has 2 unspecified atom stereocenters. The van der Waals surface area contributed by atoms with Gasteiger partial charge in [0.2, 0.25) is 5.91 Å². The van der Waals surface area contributed by atoms with Crippen LogP contribution in [0.25, 0.3) is 0 Å². The van der Waals surface area contributed by atoms with Crippen molar-refractivity contribution >= 4 is 47.2 Å². The number of halogens is 2. The Morgan fingerprint density at radius 3 is 2.46 bits per heavy atom. The summed E-state index contributed by atoms with van der Waals surface area (Å²) in [6.45, 7) is 3.62. The minimum Gasteiger partial charge on any atom is -0.346 e. The van der Waals surface area contributed by atoms with E-state index >= 15 is 0 Å². The van der Waals surface area contributed by atoms with Crippen LogP contribution in [-0.2, 0) is 4.79 Å². The SMILES string of the molecule is Cl.Cl.NC1C2CCCC1CC(C(=O)N1CCCN(c3nccs3)CC1)C2. The molecule has 0 spiro atoms. The zero-order valence-electron chi connectivity index (χ0n) is 15.1. The maximum Gasteiger partial charge on any atom is 0.225 e. The van der Waals surface area contributed by atoms with Crippen LogP contribution in [0.3, 0.4) is 0 Å². The van der Waals surface area contributed by atoms with Gasteiger partial charge < -0.3 is 15.5 Å². The maximum absolute atomic E-state index is 13.1. The second kappa shape index (κ2) is 9.58. The summed E-state index contributed by atoms with van der Waals surface area (Å²) in [6, 6.07) is 0.340. The first kappa shape index (κ1) is 21.7. The highest BCUT2D eigenvalue weighted by molar-refractivity contribution is 7.13. The lowest BCUT2D eigenvalue weighted by Crippen LogP contribution is -2.50. The Labute approximate surface area is 172 Å². The number of aromatic nitrogens is 1. The molecule has 0 aromatic carbocycles. The van der Waals surface area contributed by atoms with E-state index in [1.165, 1.54) is 19.3 Å². The van der Waals surface area contributed by atoms with Crippen molar-refractivity contribution in [3.63, 3.8) is 0 Å². The number of amides is 1.